The lowest BCUT2D eigenvalue weighted by molar-refractivity contribution is 0.0938. The molecule has 4 atom stereocenters. The van der Waals surface area contributed by atoms with E-state index in [1.165, 1.54) is 30.4 Å². The highest BCUT2D eigenvalue weighted by atomic mass is 16.4. The van der Waals surface area contributed by atoms with E-state index < -0.39 is 0 Å². The molecule has 3 aliphatic rings. The number of aromatic hydroxyl groups is 1. The predicted molar refractivity (Wildman–Crippen MR) is 81.9 cm³/mol. The van der Waals surface area contributed by atoms with Gasteiger partial charge < -0.3 is 10.3 Å². The van der Waals surface area contributed by atoms with Crippen LogP contribution in [0.5, 0.6) is 5.75 Å². The zero-order chi connectivity index (χ0) is 14.6. The monoisotopic (exact) mass is 285 g/mol. The molecule has 0 amide bonds. The molecule has 0 radical (unpaired) electrons. The first-order chi connectivity index (χ1) is 10.1. The average Bonchev–Trinajstić information content (AvgIpc) is 2.83. The Kier molecular flexibility index (Phi) is 2.82. The molecule has 2 fully saturated rings. The molecule has 1 aromatic carbocycles. The molecule has 4 rings (SSSR count). The lowest BCUT2D eigenvalue weighted by atomic mass is 9.55. The van der Waals surface area contributed by atoms with Crippen LogP contribution in [0.1, 0.15) is 56.1 Å². The van der Waals surface area contributed by atoms with Gasteiger partial charge in [0.1, 0.15) is 5.75 Å². The number of nitrogens with zero attached hydrogens (tertiary/aromatic N) is 1. The molecule has 0 aliphatic heterocycles. The Morgan fingerprint density at radius 3 is 2.86 bits per heavy atom. The van der Waals surface area contributed by atoms with Gasteiger partial charge in [-0.15, -0.1) is 0 Å². The first kappa shape index (κ1) is 13.2. The summed E-state index contributed by atoms with van der Waals surface area (Å²) in [5, 5.41) is 22.6. The van der Waals surface area contributed by atoms with Crippen LogP contribution in [-0.4, -0.2) is 16.0 Å². The quantitative estimate of drug-likeness (QED) is 0.557. The lowest BCUT2D eigenvalue weighted by Crippen LogP contribution is -2.42. The van der Waals surface area contributed by atoms with Crippen molar-refractivity contribution in [1.29, 1.82) is 0 Å². The van der Waals surface area contributed by atoms with E-state index in [9.17, 15) is 10.3 Å². The first-order valence-electron chi connectivity index (χ1n) is 8.16. The summed E-state index contributed by atoms with van der Waals surface area (Å²) in [4.78, 5) is 0. The van der Waals surface area contributed by atoms with Crippen LogP contribution in [0.4, 0.5) is 0 Å². The van der Waals surface area contributed by atoms with Crippen molar-refractivity contribution in [2.45, 2.75) is 51.4 Å². The Morgan fingerprint density at radius 2 is 2.05 bits per heavy atom. The summed E-state index contributed by atoms with van der Waals surface area (Å²) in [5.41, 5.74) is 3.95. The van der Waals surface area contributed by atoms with Crippen LogP contribution in [0.3, 0.4) is 0 Å². The predicted octanol–water partition coefficient (Wildman–Crippen LogP) is 4.08. The van der Waals surface area contributed by atoms with Gasteiger partial charge in [-0.2, -0.15) is 0 Å². The summed E-state index contributed by atoms with van der Waals surface area (Å²) in [6.07, 6.45) is 6.71. The second-order valence-electron chi connectivity index (χ2n) is 7.34. The maximum atomic E-state index is 9.70. The smallest absolute Gasteiger partial charge is 0.115 e. The van der Waals surface area contributed by atoms with Crippen molar-refractivity contribution in [3.63, 3.8) is 0 Å². The molecule has 21 heavy (non-hydrogen) atoms. The van der Waals surface area contributed by atoms with Gasteiger partial charge in [0.25, 0.3) is 0 Å². The number of oxime groups is 1. The largest absolute Gasteiger partial charge is 0.508 e. The number of phenols is 1. The molecule has 112 valence electrons. The Bertz CT molecular complexity index is 609. The molecule has 0 bridgehead atoms. The van der Waals surface area contributed by atoms with Crippen molar-refractivity contribution >= 4 is 5.71 Å². The van der Waals surface area contributed by atoms with Crippen LogP contribution in [0.25, 0.3) is 0 Å². The Balaban J connectivity index is 1.72. The van der Waals surface area contributed by atoms with E-state index in [1.54, 1.807) is 0 Å². The molecular weight excluding hydrogens is 262 g/mol. The summed E-state index contributed by atoms with van der Waals surface area (Å²) < 4.78 is 0. The van der Waals surface area contributed by atoms with Crippen molar-refractivity contribution in [3.05, 3.63) is 29.3 Å². The molecule has 3 aliphatic carbocycles. The van der Waals surface area contributed by atoms with E-state index in [0.29, 0.717) is 23.5 Å². The average molecular weight is 285 g/mol. The molecule has 0 heterocycles. The summed E-state index contributed by atoms with van der Waals surface area (Å²) in [6, 6.07) is 5.93. The molecule has 0 unspecified atom stereocenters. The Morgan fingerprint density at radius 1 is 1.19 bits per heavy atom. The SMILES string of the molecule is C[C@@]12CC[C@H]3c4ccc(O)cc4CC[C@@H]3[C@@H]1CC/C2=N/O. The molecule has 2 saturated carbocycles. The number of hydrogen-bond acceptors (Lipinski definition) is 3. The normalized spacial score (nSPS) is 39.7. The second-order valence-corrected chi connectivity index (χ2v) is 7.34. The third kappa shape index (κ3) is 1.76. The molecule has 3 nitrogen and oxygen atoms in total. The van der Waals surface area contributed by atoms with Gasteiger partial charge in [0, 0.05) is 5.41 Å². The molecule has 0 spiro atoms. The summed E-state index contributed by atoms with van der Waals surface area (Å²) in [5.74, 6) is 2.39. The van der Waals surface area contributed by atoms with Crippen LogP contribution in [0, 0.1) is 17.3 Å². The molecule has 1 aromatic rings. The highest BCUT2D eigenvalue weighted by Gasteiger charge is 2.53. The fourth-order valence-corrected chi connectivity index (χ4v) is 5.52. The zero-order valence-electron chi connectivity index (χ0n) is 12.5. The van der Waals surface area contributed by atoms with Gasteiger partial charge in [0.2, 0.25) is 0 Å². The molecular formula is C18H23NO2. The minimum Gasteiger partial charge on any atom is -0.508 e. The molecule has 2 N–H and O–H groups in total. The minimum atomic E-state index is 0.115. The van der Waals surface area contributed by atoms with E-state index >= 15 is 0 Å². The number of phenolic OH excluding ortho intramolecular Hbond substituents is 1. The van der Waals surface area contributed by atoms with E-state index in [0.717, 1.165) is 25.0 Å². The number of aryl methyl sites for hydroxylation is 1. The van der Waals surface area contributed by atoms with E-state index in [2.05, 4.69) is 18.1 Å². The summed E-state index contributed by atoms with van der Waals surface area (Å²) >= 11 is 0. The van der Waals surface area contributed by atoms with E-state index in [-0.39, 0.29) is 5.41 Å². The fourth-order valence-electron chi connectivity index (χ4n) is 5.52. The fraction of sp³-hybridized carbons (Fsp3) is 0.611. The van der Waals surface area contributed by atoms with Gasteiger partial charge in [-0.25, -0.2) is 0 Å². The van der Waals surface area contributed by atoms with E-state index in [4.69, 9.17) is 0 Å². The van der Waals surface area contributed by atoms with Gasteiger partial charge >= 0.3 is 0 Å². The van der Waals surface area contributed by atoms with Crippen LogP contribution in [-0.2, 0) is 6.42 Å². The lowest BCUT2D eigenvalue weighted by Gasteiger charge is -2.48. The number of benzene rings is 1. The number of hydrogen-bond donors (Lipinski definition) is 2. The summed E-state index contributed by atoms with van der Waals surface area (Å²) in [7, 11) is 0. The number of fused-ring (bicyclic) bond motifs is 5. The van der Waals surface area contributed by atoms with Crippen LogP contribution in [0.15, 0.2) is 23.4 Å². The van der Waals surface area contributed by atoms with Crippen molar-refractivity contribution in [2.75, 3.05) is 0 Å². The highest BCUT2D eigenvalue weighted by molar-refractivity contribution is 5.92. The maximum Gasteiger partial charge on any atom is 0.115 e. The van der Waals surface area contributed by atoms with Crippen molar-refractivity contribution in [1.82, 2.24) is 0 Å². The number of rotatable bonds is 0. The minimum absolute atomic E-state index is 0.115. The second kappa shape index (κ2) is 4.49. The van der Waals surface area contributed by atoms with Gasteiger partial charge in [0.15, 0.2) is 0 Å². The van der Waals surface area contributed by atoms with Gasteiger partial charge in [-0.05, 0) is 79.5 Å². The third-order valence-corrected chi connectivity index (χ3v) is 6.57. The highest BCUT2D eigenvalue weighted by Crippen LogP contribution is 2.59. The topological polar surface area (TPSA) is 52.8 Å². The van der Waals surface area contributed by atoms with Gasteiger partial charge in [-0.1, -0.05) is 18.1 Å². The zero-order valence-corrected chi connectivity index (χ0v) is 12.5. The molecule has 0 aromatic heterocycles. The van der Waals surface area contributed by atoms with Gasteiger partial charge in [0.05, 0.1) is 5.71 Å². The Labute approximate surface area is 125 Å². The van der Waals surface area contributed by atoms with Crippen LogP contribution in [0.2, 0.25) is 0 Å². The first-order valence-corrected chi connectivity index (χ1v) is 8.16. The standard InChI is InChI=1S/C18H23NO2/c1-18-9-8-14-13-5-3-12(20)10-11(13)2-4-15(14)16(18)6-7-17(18)19-21/h3,5,10,14-16,20-21H,2,4,6-9H2,1H3/b19-17-/t14-,15-,16-,18+/m0/s1. The maximum absolute atomic E-state index is 9.70. The van der Waals surface area contributed by atoms with Crippen LogP contribution < -0.4 is 0 Å². The third-order valence-electron chi connectivity index (χ3n) is 6.57. The van der Waals surface area contributed by atoms with Crippen molar-refractivity contribution in [3.8, 4) is 5.75 Å². The molecule has 3 heteroatoms. The van der Waals surface area contributed by atoms with Crippen molar-refractivity contribution in [2.24, 2.45) is 22.4 Å². The van der Waals surface area contributed by atoms with Crippen molar-refractivity contribution < 1.29 is 10.3 Å². The van der Waals surface area contributed by atoms with E-state index in [1.807, 2.05) is 12.1 Å². The van der Waals surface area contributed by atoms with Gasteiger partial charge in [-0.3, -0.25) is 0 Å². The molecule has 0 saturated heterocycles. The Hall–Kier alpha value is -1.51. The summed E-state index contributed by atoms with van der Waals surface area (Å²) in [6.45, 7) is 2.31. The van der Waals surface area contributed by atoms with Crippen LogP contribution >= 0.6 is 0 Å².